The zero-order valence-corrected chi connectivity index (χ0v) is 14.4. The van der Waals surface area contributed by atoms with Crippen LogP contribution in [0.2, 0.25) is 0 Å². The lowest BCUT2D eigenvalue weighted by Gasteiger charge is -2.12. The third kappa shape index (κ3) is 4.01. The van der Waals surface area contributed by atoms with Gasteiger partial charge in [0.05, 0.1) is 23.4 Å². The van der Waals surface area contributed by atoms with Gasteiger partial charge in [-0.05, 0) is 30.0 Å². The number of nitrogens with one attached hydrogen (secondary N) is 2. The molecule has 1 aliphatic heterocycles. The molecule has 0 bridgehead atoms. The van der Waals surface area contributed by atoms with Gasteiger partial charge in [-0.25, -0.2) is 21.8 Å². The summed E-state index contributed by atoms with van der Waals surface area (Å²) in [6.07, 6.45) is 2.05. The van der Waals surface area contributed by atoms with Crippen LogP contribution in [0.25, 0.3) is 0 Å². The first-order valence-corrected chi connectivity index (χ1v) is 11.0. The van der Waals surface area contributed by atoms with Crippen molar-refractivity contribution in [1.29, 1.82) is 0 Å². The third-order valence-corrected chi connectivity index (χ3v) is 7.89. The van der Waals surface area contributed by atoms with Gasteiger partial charge < -0.3 is 5.32 Å². The van der Waals surface area contributed by atoms with Gasteiger partial charge in [0.15, 0.2) is 9.84 Å². The molecule has 10 heteroatoms. The van der Waals surface area contributed by atoms with Crippen LogP contribution in [0.4, 0.5) is 11.5 Å². The molecule has 0 aromatic carbocycles. The van der Waals surface area contributed by atoms with Gasteiger partial charge in [0, 0.05) is 6.04 Å². The van der Waals surface area contributed by atoms with Crippen LogP contribution in [-0.2, 0) is 19.9 Å². The van der Waals surface area contributed by atoms with Gasteiger partial charge >= 0.3 is 0 Å². The minimum atomic E-state index is -3.61. The highest BCUT2D eigenvalue weighted by Crippen LogP contribution is 2.21. The molecule has 1 atom stereocenters. The zero-order chi connectivity index (χ0) is 16.5. The van der Waals surface area contributed by atoms with E-state index in [0.29, 0.717) is 12.1 Å². The fourth-order valence-corrected chi connectivity index (χ4v) is 5.96. The molecule has 1 fully saturated rings. The number of rotatable bonds is 5. The molecule has 2 aromatic heterocycles. The first-order valence-electron chi connectivity index (χ1n) is 6.83. The lowest BCUT2D eigenvalue weighted by atomic mass is 10.2. The Labute approximate surface area is 138 Å². The number of sulfone groups is 1. The fourth-order valence-electron chi connectivity index (χ4n) is 2.29. The van der Waals surface area contributed by atoms with Crippen LogP contribution in [0.5, 0.6) is 0 Å². The van der Waals surface area contributed by atoms with Gasteiger partial charge in [0.2, 0.25) is 0 Å². The summed E-state index contributed by atoms with van der Waals surface area (Å²) in [6.45, 7) is 0. The van der Waals surface area contributed by atoms with Crippen molar-refractivity contribution < 1.29 is 16.8 Å². The molecule has 0 aliphatic carbocycles. The van der Waals surface area contributed by atoms with Crippen LogP contribution >= 0.6 is 11.3 Å². The van der Waals surface area contributed by atoms with Crippen LogP contribution < -0.4 is 10.0 Å². The number of pyridine rings is 1. The summed E-state index contributed by atoms with van der Waals surface area (Å²) in [4.78, 5) is 4.05. The Morgan fingerprint density at radius 3 is 2.65 bits per heavy atom. The molecule has 2 aromatic rings. The van der Waals surface area contributed by atoms with Gasteiger partial charge in [0.1, 0.15) is 10.0 Å². The number of anilines is 2. The number of sulfonamides is 1. The van der Waals surface area contributed by atoms with Crippen LogP contribution in [-0.4, -0.2) is 39.4 Å². The minimum Gasteiger partial charge on any atom is -0.380 e. The van der Waals surface area contributed by atoms with Gasteiger partial charge in [0.25, 0.3) is 10.0 Å². The molecular formula is C13H15N3O4S3. The topological polar surface area (TPSA) is 105 Å². The van der Waals surface area contributed by atoms with Crippen LogP contribution in [0.3, 0.4) is 0 Å². The average molecular weight is 373 g/mol. The lowest BCUT2D eigenvalue weighted by molar-refractivity contribution is 0.600. The molecule has 3 heterocycles. The van der Waals surface area contributed by atoms with Crippen LogP contribution in [0, 0.1) is 0 Å². The molecule has 1 unspecified atom stereocenters. The van der Waals surface area contributed by atoms with Crippen molar-refractivity contribution in [1.82, 2.24) is 4.98 Å². The summed E-state index contributed by atoms with van der Waals surface area (Å²) in [5, 5.41) is 4.78. The standard InChI is InChI=1S/C13H15N3O4S3/c17-22(18)7-5-11(9-22)15-10-3-4-12(14-8-10)16-23(19,20)13-2-1-6-21-13/h1-4,6,8,11,15H,5,7,9H2,(H,14,16). The van der Waals surface area contributed by atoms with Crippen molar-refractivity contribution in [3.63, 3.8) is 0 Å². The maximum atomic E-state index is 12.1. The SMILES string of the molecule is O=S1(=O)CCC(Nc2ccc(NS(=O)(=O)c3cccs3)nc2)C1. The molecule has 0 spiro atoms. The van der Waals surface area contributed by atoms with Crippen LogP contribution in [0.15, 0.2) is 40.1 Å². The Hall–Kier alpha value is -1.65. The van der Waals surface area contributed by atoms with Crippen molar-refractivity contribution >= 4 is 42.7 Å². The summed E-state index contributed by atoms with van der Waals surface area (Å²) in [6, 6.07) is 6.26. The van der Waals surface area contributed by atoms with Crippen molar-refractivity contribution in [3.8, 4) is 0 Å². The van der Waals surface area contributed by atoms with E-state index in [1.165, 1.54) is 18.3 Å². The average Bonchev–Trinajstić information content (AvgIpc) is 3.11. The van der Waals surface area contributed by atoms with Gasteiger partial charge in [-0.2, -0.15) is 0 Å². The largest absolute Gasteiger partial charge is 0.380 e. The summed E-state index contributed by atoms with van der Waals surface area (Å²) in [7, 11) is -6.56. The smallest absolute Gasteiger partial charge is 0.272 e. The molecule has 1 saturated heterocycles. The summed E-state index contributed by atoms with van der Waals surface area (Å²) < 4.78 is 49.6. The number of hydrogen-bond donors (Lipinski definition) is 2. The second kappa shape index (κ2) is 6.10. The normalized spacial score (nSPS) is 20.3. The third-order valence-electron chi connectivity index (χ3n) is 3.37. The molecule has 1 aliphatic rings. The van der Waals surface area contributed by atoms with Crippen molar-refractivity contribution in [2.75, 3.05) is 21.5 Å². The van der Waals surface area contributed by atoms with Crippen molar-refractivity contribution in [3.05, 3.63) is 35.8 Å². The lowest BCUT2D eigenvalue weighted by Crippen LogP contribution is -2.20. The molecule has 0 saturated carbocycles. The predicted octanol–water partition coefficient (Wildman–Crippen LogP) is 1.54. The highest BCUT2D eigenvalue weighted by atomic mass is 32.2. The number of nitrogens with zero attached hydrogens (tertiary/aromatic N) is 1. The second-order valence-corrected chi connectivity index (χ2v) is 10.3. The quantitative estimate of drug-likeness (QED) is 0.824. The van der Waals surface area contributed by atoms with Crippen molar-refractivity contribution in [2.45, 2.75) is 16.7 Å². The molecule has 23 heavy (non-hydrogen) atoms. The Bertz CT molecular complexity index is 875. The molecular weight excluding hydrogens is 358 g/mol. The second-order valence-electron chi connectivity index (χ2n) is 5.21. The van der Waals surface area contributed by atoms with E-state index in [4.69, 9.17) is 0 Å². The molecule has 0 radical (unpaired) electrons. The van der Waals surface area contributed by atoms with Crippen LogP contribution in [0.1, 0.15) is 6.42 Å². The maximum absolute atomic E-state index is 12.1. The number of hydrogen-bond acceptors (Lipinski definition) is 7. The first kappa shape index (κ1) is 16.2. The maximum Gasteiger partial charge on any atom is 0.272 e. The van der Waals surface area contributed by atoms with E-state index in [2.05, 4.69) is 15.0 Å². The zero-order valence-electron chi connectivity index (χ0n) is 12.0. The highest BCUT2D eigenvalue weighted by Gasteiger charge is 2.27. The fraction of sp³-hybridized carbons (Fsp3) is 0.308. The first-order chi connectivity index (χ1) is 10.8. The molecule has 0 amide bonds. The predicted molar refractivity (Wildman–Crippen MR) is 90.0 cm³/mol. The molecule has 2 N–H and O–H groups in total. The monoisotopic (exact) mass is 373 g/mol. The van der Waals surface area contributed by atoms with E-state index in [-0.39, 0.29) is 27.6 Å². The van der Waals surface area contributed by atoms with Gasteiger partial charge in [-0.3, -0.25) is 4.72 Å². The van der Waals surface area contributed by atoms with E-state index in [1.807, 2.05) is 0 Å². The Morgan fingerprint density at radius 1 is 1.26 bits per heavy atom. The Morgan fingerprint density at radius 2 is 2.09 bits per heavy atom. The van der Waals surface area contributed by atoms with Crippen molar-refractivity contribution in [2.24, 2.45) is 0 Å². The number of aromatic nitrogens is 1. The van der Waals surface area contributed by atoms with E-state index in [9.17, 15) is 16.8 Å². The molecule has 3 rings (SSSR count). The van der Waals surface area contributed by atoms with E-state index in [1.54, 1.807) is 17.5 Å². The number of thiophene rings is 1. The minimum absolute atomic E-state index is 0.111. The van der Waals surface area contributed by atoms with E-state index < -0.39 is 19.9 Å². The Balaban J connectivity index is 1.66. The van der Waals surface area contributed by atoms with Gasteiger partial charge in [-0.1, -0.05) is 6.07 Å². The molecule has 7 nitrogen and oxygen atoms in total. The summed E-state index contributed by atoms with van der Waals surface area (Å²) in [5.41, 5.74) is 0.658. The van der Waals surface area contributed by atoms with E-state index >= 15 is 0 Å². The molecule has 124 valence electrons. The summed E-state index contributed by atoms with van der Waals surface area (Å²) >= 11 is 1.13. The van der Waals surface area contributed by atoms with Gasteiger partial charge in [-0.15, -0.1) is 11.3 Å². The summed E-state index contributed by atoms with van der Waals surface area (Å²) in [5.74, 6) is 0.513. The highest BCUT2D eigenvalue weighted by molar-refractivity contribution is 7.94. The van der Waals surface area contributed by atoms with E-state index in [0.717, 1.165) is 11.3 Å². The Kier molecular flexibility index (Phi) is 4.30.